The number of rotatable bonds is 7. The van der Waals surface area contributed by atoms with Gasteiger partial charge < -0.3 is 30.2 Å². The quantitative estimate of drug-likeness (QED) is 0.350. The zero-order valence-electron chi connectivity index (χ0n) is 19.6. The third kappa shape index (κ3) is 5.80. The normalized spacial score (nSPS) is 23.8. The molecule has 1 amide bonds. The number of amides is 1. The van der Waals surface area contributed by atoms with Crippen molar-refractivity contribution in [3.63, 3.8) is 0 Å². The highest BCUT2D eigenvalue weighted by molar-refractivity contribution is 5.92. The van der Waals surface area contributed by atoms with Crippen LogP contribution in [0.2, 0.25) is 0 Å². The summed E-state index contributed by atoms with van der Waals surface area (Å²) in [4.78, 5) is 26.5. The van der Waals surface area contributed by atoms with Crippen LogP contribution in [0.1, 0.15) is 35.7 Å². The smallest absolute Gasteiger partial charge is 0.290 e. The van der Waals surface area contributed by atoms with E-state index < -0.39 is 5.91 Å². The molecule has 9 heteroatoms. The molecule has 3 aromatic rings. The highest BCUT2D eigenvalue weighted by Gasteiger charge is 2.42. The standard InChI is InChI=1S/C25H30N4O3.CH2O2/c26-25(31)17-6-8-20(9-7-17)32-11-3-10-28-14-18-12-23(24(30)13-19(18)15-28)29-16-27-21-4-1-2-5-22(21)29;2-1-3/h1-2,4-9,16,18-19,23-24,30H,3,10-15H2,(H2,26,31);1H,(H,2,3)/t18-,19+,23-,24-;/m1./s1. The fourth-order valence-electron chi connectivity index (χ4n) is 5.42. The first-order valence-corrected chi connectivity index (χ1v) is 11.9. The number of fused-ring (bicyclic) bond motifs is 2. The molecule has 1 aromatic heterocycles. The summed E-state index contributed by atoms with van der Waals surface area (Å²) in [5.41, 5.74) is 7.84. The molecule has 2 aliphatic rings. The first-order chi connectivity index (χ1) is 17.0. The molecule has 0 bridgehead atoms. The number of aliphatic hydroxyl groups excluding tert-OH is 1. The Morgan fingerprint density at radius 3 is 2.51 bits per heavy atom. The molecule has 1 saturated heterocycles. The summed E-state index contributed by atoms with van der Waals surface area (Å²) in [6.45, 7) is 3.50. The molecule has 1 aliphatic carbocycles. The van der Waals surface area contributed by atoms with Crippen molar-refractivity contribution in [1.82, 2.24) is 14.5 Å². The molecule has 0 radical (unpaired) electrons. The van der Waals surface area contributed by atoms with Crippen LogP contribution < -0.4 is 10.5 Å². The minimum Gasteiger partial charge on any atom is -0.494 e. The van der Waals surface area contributed by atoms with Gasteiger partial charge in [0.15, 0.2) is 0 Å². The molecule has 1 aliphatic heterocycles. The summed E-state index contributed by atoms with van der Waals surface area (Å²) < 4.78 is 7.99. The zero-order valence-corrected chi connectivity index (χ0v) is 19.6. The van der Waals surface area contributed by atoms with E-state index in [1.807, 2.05) is 24.5 Å². The zero-order chi connectivity index (χ0) is 24.8. The number of nitrogens with zero attached hydrogens (tertiary/aromatic N) is 3. The average molecular weight is 481 g/mol. The number of hydrogen-bond acceptors (Lipinski definition) is 6. The van der Waals surface area contributed by atoms with E-state index in [0.29, 0.717) is 24.0 Å². The van der Waals surface area contributed by atoms with Crippen LogP contribution in [0.15, 0.2) is 54.9 Å². The van der Waals surface area contributed by atoms with Gasteiger partial charge in [-0.15, -0.1) is 0 Å². The number of primary amides is 1. The van der Waals surface area contributed by atoms with Crippen LogP contribution in [0.3, 0.4) is 0 Å². The fourth-order valence-corrected chi connectivity index (χ4v) is 5.42. The van der Waals surface area contributed by atoms with Crippen molar-refractivity contribution in [2.75, 3.05) is 26.2 Å². The first kappa shape index (κ1) is 24.7. The number of carboxylic acid groups (broad SMARTS) is 1. The van der Waals surface area contributed by atoms with Crippen LogP contribution in [0.4, 0.5) is 0 Å². The summed E-state index contributed by atoms with van der Waals surface area (Å²) in [6, 6.07) is 15.2. The van der Waals surface area contributed by atoms with Crippen molar-refractivity contribution in [3.8, 4) is 5.75 Å². The van der Waals surface area contributed by atoms with E-state index in [1.165, 1.54) is 0 Å². The lowest BCUT2D eigenvalue weighted by Gasteiger charge is -2.36. The number of hydrogen-bond donors (Lipinski definition) is 3. The second-order valence-electron chi connectivity index (χ2n) is 9.22. The van der Waals surface area contributed by atoms with E-state index in [2.05, 4.69) is 20.5 Å². The molecule has 2 aromatic carbocycles. The Labute approximate surface area is 204 Å². The van der Waals surface area contributed by atoms with Gasteiger partial charge in [-0.2, -0.15) is 0 Å². The number of aromatic nitrogens is 2. The predicted octanol–water partition coefficient (Wildman–Crippen LogP) is 2.55. The summed E-state index contributed by atoms with van der Waals surface area (Å²) >= 11 is 0. The topological polar surface area (TPSA) is 131 Å². The molecule has 0 unspecified atom stereocenters. The second kappa shape index (κ2) is 11.3. The van der Waals surface area contributed by atoms with Crippen LogP contribution in [-0.4, -0.2) is 69.4 Å². The molecule has 35 heavy (non-hydrogen) atoms. The van der Waals surface area contributed by atoms with Gasteiger partial charge in [-0.05, 0) is 67.5 Å². The van der Waals surface area contributed by atoms with Gasteiger partial charge in [0, 0.05) is 25.2 Å². The number of carbonyl (C=O) groups excluding carboxylic acids is 1. The first-order valence-electron chi connectivity index (χ1n) is 11.9. The lowest BCUT2D eigenvalue weighted by atomic mass is 9.77. The molecular formula is C26H32N4O5. The molecule has 9 nitrogen and oxygen atoms in total. The number of imidazole rings is 1. The van der Waals surface area contributed by atoms with Crippen molar-refractivity contribution >= 4 is 23.4 Å². The van der Waals surface area contributed by atoms with Gasteiger partial charge in [-0.3, -0.25) is 9.59 Å². The van der Waals surface area contributed by atoms with Gasteiger partial charge in [0.05, 0.1) is 36.1 Å². The lowest BCUT2D eigenvalue weighted by Crippen LogP contribution is -2.36. The average Bonchev–Trinajstić information content (AvgIpc) is 3.45. The Morgan fingerprint density at radius 2 is 1.80 bits per heavy atom. The van der Waals surface area contributed by atoms with Gasteiger partial charge in [0.1, 0.15) is 5.75 Å². The van der Waals surface area contributed by atoms with Gasteiger partial charge in [0.25, 0.3) is 6.47 Å². The Hall–Kier alpha value is -3.43. The van der Waals surface area contributed by atoms with Crippen molar-refractivity contribution in [2.24, 2.45) is 17.6 Å². The number of para-hydroxylation sites is 2. The summed E-state index contributed by atoms with van der Waals surface area (Å²) in [7, 11) is 0. The Bertz CT molecular complexity index is 1130. The molecule has 1 saturated carbocycles. The molecule has 4 atom stereocenters. The molecule has 186 valence electrons. The van der Waals surface area contributed by atoms with Gasteiger partial charge >= 0.3 is 0 Å². The van der Waals surface area contributed by atoms with Crippen molar-refractivity contribution in [1.29, 1.82) is 0 Å². The summed E-state index contributed by atoms with van der Waals surface area (Å²) in [5, 5.41) is 17.8. The number of aliphatic hydroxyl groups is 1. The third-order valence-electron chi connectivity index (χ3n) is 7.05. The molecule has 0 spiro atoms. The monoisotopic (exact) mass is 480 g/mol. The maximum absolute atomic E-state index is 11.1. The van der Waals surface area contributed by atoms with Crippen LogP contribution >= 0.6 is 0 Å². The Kier molecular flexibility index (Phi) is 7.99. The van der Waals surface area contributed by atoms with Gasteiger partial charge in [0.2, 0.25) is 5.91 Å². The van der Waals surface area contributed by atoms with Crippen molar-refractivity contribution in [3.05, 3.63) is 60.4 Å². The number of likely N-dealkylation sites (tertiary alicyclic amines) is 1. The van der Waals surface area contributed by atoms with Crippen LogP contribution in [0.25, 0.3) is 11.0 Å². The van der Waals surface area contributed by atoms with E-state index in [-0.39, 0.29) is 18.6 Å². The van der Waals surface area contributed by atoms with Crippen LogP contribution in [0.5, 0.6) is 5.75 Å². The minimum absolute atomic E-state index is 0.0929. The molecule has 2 heterocycles. The minimum atomic E-state index is -0.430. The molecule has 2 fully saturated rings. The van der Waals surface area contributed by atoms with E-state index in [4.69, 9.17) is 20.4 Å². The fraction of sp³-hybridized carbons (Fsp3) is 0.423. The SMILES string of the molecule is NC(=O)c1ccc(OCCCN2C[C@H]3C[C@@H](n4cnc5ccccc54)[C@H](O)C[C@H]3C2)cc1.O=CO. The van der Waals surface area contributed by atoms with Crippen LogP contribution in [0, 0.1) is 11.8 Å². The maximum atomic E-state index is 11.1. The molecule has 4 N–H and O–H groups in total. The maximum Gasteiger partial charge on any atom is 0.290 e. The molecular weight excluding hydrogens is 448 g/mol. The highest BCUT2D eigenvalue weighted by atomic mass is 16.5. The van der Waals surface area contributed by atoms with E-state index >= 15 is 0 Å². The second-order valence-corrected chi connectivity index (χ2v) is 9.22. The molecule has 5 rings (SSSR count). The highest BCUT2D eigenvalue weighted by Crippen LogP contribution is 2.42. The Balaban J connectivity index is 0.000000917. The number of ether oxygens (including phenoxy) is 1. The number of benzene rings is 2. The number of nitrogens with two attached hydrogens (primary N) is 1. The number of carbonyl (C=O) groups is 2. The van der Waals surface area contributed by atoms with Gasteiger partial charge in [-0.1, -0.05) is 12.1 Å². The van der Waals surface area contributed by atoms with Gasteiger partial charge in [-0.25, -0.2) is 4.98 Å². The van der Waals surface area contributed by atoms with Crippen molar-refractivity contribution < 1.29 is 24.5 Å². The van der Waals surface area contributed by atoms with Crippen LogP contribution in [-0.2, 0) is 4.79 Å². The summed E-state index contributed by atoms with van der Waals surface area (Å²) in [5.74, 6) is 1.48. The largest absolute Gasteiger partial charge is 0.494 e. The predicted molar refractivity (Wildman–Crippen MR) is 131 cm³/mol. The van der Waals surface area contributed by atoms with E-state index in [0.717, 1.165) is 55.7 Å². The van der Waals surface area contributed by atoms with E-state index in [1.54, 1.807) is 24.3 Å². The Morgan fingerprint density at radius 1 is 1.11 bits per heavy atom. The van der Waals surface area contributed by atoms with E-state index in [9.17, 15) is 9.90 Å². The third-order valence-corrected chi connectivity index (χ3v) is 7.05. The summed E-state index contributed by atoms with van der Waals surface area (Å²) in [6.07, 6.45) is 4.33. The lowest BCUT2D eigenvalue weighted by molar-refractivity contribution is -0.122. The van der Waals surface area contributed by atoms with Crippen molar-refractivity contribution in [2.45, 2.75) is 31.4 Å².